The molecule has 0 saturated carbocycles. The van der Waals surface area contributed by atoms with Gasteiger partial charge in [-0.25, -0.2) is 4.98 Å². The summed E-state index contributed by atoms with van der Waals surface area (Å²) < 4.78 is 25.2. The highest BCUT2D eigenvalue weighted by Gasteiger charge is 2.19. The molecule has 0 atom stereocenters. The van der Waals surface area contributed by atoms with Crippen molar-refractivity contribution in [2.45, 2.75) is 51.8 Å². The van der Waals surface area contributed by atoms with Gasteiger partial charge in [-0.1, -0.05) is 11.8 Å². The van der Waals surface area contributed by atoms with E-state index in [0.717, 1.165) is 31.5 Å². The number of benzene rings is 1. The lowest BCUT2D eigenvalue weighted by atomic mass is 10.0. The van der Waals surface area contributed by atoms with Gasteiger partial charge in [0.05, 0.1) is 15.0 Å². The number of ether oxygens (including phenoxy) is 1. The molecular formula is C28H33N5O3. The van der Waals surface area contributed by atoms with Crippen molar-refractivity contribution >= 4 is 11.6 Å². The maximum atomic E-state index is 12.3. The number of aromatic nitrogens is 3. The van der Waals surface area contributed by atoms with Gasteiger partial charge in [0.1, 0.15) is 12.2 Å². The van der Waals surface area contributed by atoms with Crippen LogP contribution in [0, 0.1) is 11.8 Å². The van der Waals surface area contributed by atoms with E-state index >= 15 is 0 Å². The molecule has 3 heterocycles. The van der Waals surface area contributed by atoms with Gasteiger partial charge in [-0.05, 0) is 78.0 Å². The summed E-state index contributed by atoms with van der Waals surface area (Å²) in [5.74, 6) is 5.25. The highest BCUT2D eigenvalue weighted by Crippen LogP contribution is 2.30. The van der Waals surface area contributed by atoms with E-state index in [-0.39, 0.29) is 28.5 Å². The number of hydrogen-bond acceptors (Lipinski definition) is 7. The maximum absolute atomic E-state index is 12.3. The minimum absolute atomic E-state index is 0.00688. The Bertz CT molecular complexity index is 1390. The van der Waals surface area contributed by atoms with E-state index in [1.54, 1.807) is 38.4 Å². The van der Waals surface area contributed by atoms with Crippen molar-refractivity contribution < 1.29 is 17.4 Å². The Morgan fingerprint density at radius 3 is 2.72 bits per heavy atom. The van der Waals surface area contributed by atoms with Crippen LogP contribution in [0.5, 0.6) is 5.75 Å². The quantitative estimate of drug-likeness (QED) is 0.402. The van der Waals surface area contributed by atoms with E-state index in [4.69, 9.17) is 13.2 Å². The molecule has 0 bridgehead atoms. The van der Waals surface area contributed by atoms with Crippen molar-refractivity contribution in [3.05, 3.63) is 59.5 Å². The molecule has 0 radical (unpaired) electrons. The van der Waals surface area contributed by atoms with Gasteiger partial charge in [0.2, 0.25) is 0 Å². The summed E-state index contributed by atoms with van der Waals surface area (Å²) in [4.78, 5) is 18.8. The highest BCUT2D eigenvalue weighted by atomic mass is 16.5. The molecule has 1 aliphatic heterocycles. The molecule has 3 N–H and O–H groups in total. The van der Waals surface area contributed by atoms with Crippen LogP contribution in [-0.4, -0.2) is 56.3 Å². The number of likely N-dealkylation sites (tertiary alicyclic amines) is 1. The molecule has 0 unspecified atom stereocenters. The lowest BCUT2D eigenvalue weighted by Gasteiger charge is -2.28. The Morgan fingerprint density at radius 2 is 2.03 bits per heavy atom. The smallest absolute Gasteiger partial charge is 0.166 e. The molecule has 1 fully saturated rings. The largest absolute Gasteiger partial charge is 0.485 e. The molecule has 1 aromatic carbocycles. The lowest BCUT2D eigenvalue weighted by molar-refractivity contribution is 0.101. The fourth-order valence-electron chi connectivity index (χ4n) is 3.99. The number of piperidine rings is 1. The molecule has 1 aliphatic rings. The maximum Gasteiger partial charge on any atom is 0.166 e. The number of rotatable bonds is 6. The van der Waals surface area contributed by atoms with E-state index < -0.39 is 12.2 Å². The normalized spacial score (nSPS) is 16.0. The number of nitrogens with two attached hydrogens (primary N) is 1. The molecule has 2 aromatic heterocycles. The Labute approximate surface area is 214 Å². The molecule has 36 heavy (non-hydrogen) atoms. The van der Waals surface area contributed by atoms with Crippen LogP contribution in [0.25, 0.3) is 11.1 Å². The van der Waals surface area contributed by atoms with Crippen molar-refractivity contribution in [1.29, 1.82) is 0 Å². The van der Waals surface area contributed by atoms with Gasteiger partial charge in [-0.15, -0.1) is 0 Å². The number of aliphatic hydroxyl groups is 1. The van der Waals surface area contributed by atoms with E-state index in [9.17, 15) is 9.90 Å². The monoisotopic (exact) mass is 489 g/mol. The number of Topliss-reactive ketones (excluding diaryl/α,β-unsaturated/α-hetero) is 1. The van der Waals surface area contributed by atoms with Crippen LogP contribution in [0.4, 0.5) is 5.82 Å². The minimum atomic E-state index is -2.43. The van der Waals surface area contributed by atoms with Gasteiger partial charge in [0.15, 0.2) is 17.4 Å². The molecule has 8 heteroatoms. The second-order valence-corrected chi connectivity index (χ2v) is 9.68. The third kappa shape index (κ3) is 6.30. The summed E-state index contributed by atoms with van der Waals surface area (Å²) in [5.41, 5.74) is 6.93. The molecule has 0 spiro atoms. The van der Waals surface area contributed by atoms with Gasteiger partial charge in [0.25, 0.3) is 0 Å². The molecule has 0 amide bonds. The number of hydrogen-bond donors (Lipinski definition) is 2. The van der Waals surface area contributed by atoms with Crippen molar-refractivity contribution in [2.24, 2.45) is 0 Å². The topological polar surface area (TPSA) is 106 Å². The highest BCUT2D eigenvalue weighted by molar-refractivity contribution is 5.95. The number of ketones is 1. The molecule has 8 nitrogen and oxygen atoms in total. The van der Waals surface area contributed by atoms with E-state index in [2.05, 4.69) is 33.9 Å². The van der Waals surface area contributed by atoms with Crippen LogP contribution >= 0.6 is 0 Å². The van der Waals surface area contributed by atoms with Gasteiger partial charge < -0.3 is 20.5 Å². The van der Waals surface area contributed by atoms with Crippen LogP contribution in [0.1, 0.15) is 63.9 Å². The molecule has 4 rings (SSSR count). The standard InChI is InChI=1S/C28H33N5O3/c1-19(34)25-6-5-20(7-10-28(2,3)35)13-22(25)18-36-26-14-21(15-30-27(26)29)23-16-31-33(17-23)24-8-11-32(4)12-9-24/h5-6,13-17,24,35H,8-9,11-12,18H2,1-4H3,(H2,29,30)/i18D2. The van der Waals surface area contributed by atoms with Crippen molar-refractivity contribution in [1.82, 2.24) is 19.7 Å². The number of carbonyl (C=O) groups excluding carboxylic acids is 1. The lowest BCUT2D eigenvalue weighted by Crippen LogP contribution is -2.31. The number of nitrogen functional groups attached to an aromatic ring is 1. The first-order valence-corrected chi connectivity index (χ1v) is 11.9. The van der Waals surface area contributed by atoms with Gasteiger partial charge in [-0.3, -0.25) is 9.48 Å². The predicted octanol–water partition coefficient (Wildman–Crippen LogP) is 3.70. The van der Waals surface area contributed by atoms with Crippen LogP contribution < -0.4 is 10.5 Å². The van der Waals surface area contributed by atoms with E-state index in [1.165, 1.54) is 19.1 Å². The number of nitrogens with zero attached hydrogens (tertiary/aromatic N) is 4. The first-order valence-electron chi connectivity index (χ1n) is 12.9. The Kier molecular flexibility index (Phi) is 6.66. The zero-order chi connectivity index (χ0) is 27.7. The summed E-state index contributed by atoms with van der Waals surface area (Å²) in [6, 6.07) is 6.51. The summed E-state index contributed by atoms with van der Waals surface area (Å²) in [5, 5.41) is 14.5. The predicted molar refractivity (Wildman–Crippen MR) is 140 cm³/mol. The van der Waals surface area contributed by atoms with Gasteiger partial charge in [-0.2, -0.15) is 5.10 Å². The molecular weight excluding hydrogens is 454 g/mol. The Hall–Kier alpha value is -3.67. The van der Waals surface area contributed by atoms with Gasteiger partial charge in [0, 0.05) is 40.2 Å². The number of pyridine rings is 1. The molecule has 1 saturated heterocycles. The third-order valence-electron chi connectivity index (χ3n) is 6.06. The molecule has 3 aromatic rings. The second kappa shape index (κ2) is 10.5. The fourth-order valence-corrected chi connectivity index (χ4v) is 3.99. The summed E-state index contributed by atoms with van der Waals surface area (Å²) >= 11 is 0. The van der Waals surface area contributed by atoms with Crippen LogP contribution in [0.2, 0.25) is 0 Å². The second-order valence-electron chi connectivity index (χ2n) is 9.68. The first-order chi connectivity index (χ1) is 17.8. The van der Waals surface area contributed by atoms with E-state index in [0.29, 0.717) is 17.2 Å². The van der Waals surface area contributed by atoms with Crippen molar-refractivity contribution in [2.75, 3.05) is 25.9 Å². The zero-order valence-corrected chi connectivity index (χ0v) is 21.1. The number of anilines is 1. The minimum Gasteiger partial charge on any atom is -0.485 e. The summed E-state index contributed by atoms with van der Waals surface area (Å²) in [6.45, 7) is 4.06. The molecule has 188 valence electrons. The SMILES string of the molecule is [2H]C([2H])(Oc1cc(-c2cnn(C3CCN(C)CC3)c2)cnc1N)c1cc(C#CC(C)(C)O)ccc1C(C)=O. The average molecular weight is 490 g/mol. The summed E-state index contributed by atoms with van der Waals surface area (Å²) in [7, 11) is 2.11. The Balaban J connectivity index is 1.64. The zero-order valence-electron chi connectivity index (χ0n) is 23.1. The number of carbonyl (C=O) groups is 1. The van der Waals surface area contributed by atoms with Crippen molar-refractivity contribution in [3.63, 3.8) is 0 Å². The van der Waals surface area contributed by atoms with E-state index in [1.807, 2.05) is 10.9 Å². The van der Waals surface area contributed by atoms with Gasteiger partial charge >= 0.3 is 0 Å². The first kappa shape index (κ1) is 22.8. The Morgan fingerprint density at radius 1 is 1.28 bits per heavy atom. The summed E-state index contributed by atoms with van der Waals surface area (Å²) in [6.07, 6.45) is 7.35. The van der Waals surface area contributed by atoms with Crippen LogP contribution in [-0.2, 0) is 6.56 Å². The third-order valence-corrected chi connectivity index (χ3v) is 6.06. The van der Waals surface area contributed by atoms with Crippen LogP contribution in [0.3, 0.4) is 0 Å². The van der Waals surface area contributed by atoms with Crippen LogP contribution in [0.15, 0.2) is 42.9 Å². The van der Waals surface area contributed by atoms with Crippen molar-refractivity contribution in [3.8, 4) is 28.7 Å². The average Bonchev–Trinajstić information content (AvgIpc) is 3.34. The fraction of sp³-hybridized carbons (Fsp3) is 0.393. The molecule has 0 aliphatic carbocycles.